The van der Waals surface area contributed by atoms with Gasteiger partial charge in [0, 0.05) is 13.1 Å². The second-order valence-corrected chi connectivity index (χ2v) is 5.95. The molecule has 5 heteroatoms. The molecule has 0 amide bonds. The van der Waals surface area contributed by atoms with E-state index in [1.54, 1.807) is 0 Å². The predicted octanol–water partition coefficient (Wildman–Crippen LogP) is 1.71. The average Bonchev–Trinajstić information content (AvgIpc) is 2.77. The first-order chi connectivity index (χ1) is 9.97. The Bertz CT molecular complexity index is 499. The molecule has 1 aromatic carbocycles. The van der Waals surface area contributed by atoms with Crippen LogP contribution in [0.25, 0.3) is 0 Å². The molecule has 0 saturated carbocycles. The van der Waals surface area contributed by atoms with Crippen LogP contribution in [0, 0.1) is 0 Å². The van der Waals surface area contributed by atoms with E-state index < -0.39 is 0 Å². The number of hydrogen-bond donors (Lipinski definition) is 1. The fraction of sp³-hybridized carbons (Fsp3) is 0.562. The molecule has 21 heavy (non-hydrogen) atoms. The first-order valence-corrected chi connectivity index (χ1v) is 7.45. The number of ether oxygens (including phenoxy) is 1. The average molecular weight is 290 g/mol. The number of hydrogen-bond acceptors (Lipinski definition) is 5. The molecular weight excluding hydrogens is 264 g/mol. The Labute approximate surface area is 127 Å². The van der Waals surface area contributed by atoms with Gasteiger partial charge in [-0.2, -0.15) is 0 Å². The Balaban J connectivity index is 2.12. The molecule has 0 saturated heterocycles. The van der Waals surface area contributed by atoms with Crippen molar-refractivity contribution in [1.82, 2.24) is 9.80 Å². The van der Waals surface area contributed by atoms with Gasteiger partial charge < -0.3 is 20.3 Å². The number of benzene rings is 1. The number of aliphatic imine (C=N–C) groups is 1. The quantitative estimate of drug-likeness (QED) is 0.866. The fourth-order valence-electron chi connectivity index (χ4n) is 2.46. The molecule has 0 spiro atoms. The van der Waals surface area contributed by atoms with Crippen LogP contribution in [-0.2, 0) is 0 Å². The molecular formula is C16H26N4O. The third-order valence-corrected chi connectivity index (χ3v) is 3.50. The summed E-state index contributed by atoms with van der Waals surface area (Å²) in [4.78, 5) is 8.73. The second-order valence-electron chi connectivity index (χ2n) is 5.95. The summed E-state index contributed by atoms with van der Waals surface area (Å²) in [6.45, 7) is 6.61. The summed E-state index contributed by atoms with van der Waals surface area (Å²) >= 11 is 0. The van der Waals surface area contributed by atoms with Crippen LogP contribution in [0.4, 0.5) is 0 Å². The molecule has 1 unspecified atom stereocenters. The summed E-state index contributed by atoms with van der Waals surface area (Å²) < 4.78 is 5.78. The van der Waals surface area contributed by atoms with Crippen molar-refractivity contribution in [3.8, 4) is 5.75 Å². The Morgan fingerprint density at radius 1 is 1.43 bits per heavy atom. The molecule has 1 aromatic rings. The third kappa shape index (κ3) is 4.11. The highest BCUT2D eigenvalue weighted by Gasteiger charge is 2.27. The van der Waals surface area contributed by atoms with Crippen molar-refractivity contribution in [2.45, 2.75) is 26.0 Å². The van der Waals surface area contributed by atoms with E-state index in [-0.39, 0.29) is 12.1 Å². The van der Waals surface area contributed by atoms with Gasteiger partial charge in [0.2, 0.25) is 0 Å². The van der Waals surface area contributed by atoms with E-state index in [4.69, 9.17) is 10.5 Å². The monoisotopic (exact) mass is 290 g/mol. The van der Waals surface area contributed by atoms with Gasteiger partial charge in [0.25, 0.3) is 0 Å². The maximum absolute atomic E-state index is 6.04. The highest BCUT2D eigenvalue weighted by atomic mass is 16.5. The molecule has 0 fully saturated rings. The van der Waals surface area contributed by atoms with Crippen LogP contribution in [0.15, 0.2) is 29.3 Å². The van der Waals surface area contributed by atoms with E-state index in [1.165, 1.54) is 5.56 Å². The van der Waals surface area contributed by atoms with Gasteiger partial charge in [-0.1, -0.05) is 12.1 Å². The van der Waals surface area contributed by atoms with Crippen LogP contribution in [0.1, 0.15) is 25.5 Å². The molecule has 1 atom stereocenters. The molecule has 0 radical (unpaired) electrons. The lowest BCUT2D eigenvalue weighted by Crippen LogP contribution is -2.40. The van der Waals surface area contributed by atoms with Gasteiger partial charge in [0.15, 0.2) is 5.96 Å². The summed E-state index contributed by atoms with van der Waals surface area (Å²) in [6, 6.07) is 8.45. The van der Waals surface area contributed by atoms with E-state index in [9.17, 15) is 0 Å². The van der Waals surface area contributed by atoms with Crippen LogP contribution >= 0.6 is 0 Å². The normalized spacial score (nSPS) is 18.5. The molecule has 1 heterocycles. The lowest BCUT2D eigenvalue weighted by Gasteiger charge is -2.28. The second kappa shape index (κ2) is 6.80. The highest BCUT2D eigenvalue weighted by Crippen LogP contribution is 2.28. The summed E-state index contributed by atoms with van der Waals surface area (Å²) in [6.07, 6.45) is 0.176. The molecule has 0 aliphatic carbocycles. The maximum atomic E-state index is 6.04. The Morgan fingerprint density at radius 2 is 2.19 bits per heavy atom. The zero-order chi connectivity index (χ0) is 15.4. The van der Waals surface area contributed by atoms with Gasteiger partial charge in [-0.15, -0.1) is 0 Å². The van der Waals surface area contributed by atoms with Crippen molar-refractivity contribution in [3.05, 3.63) is 29.8 Å². The Hall–Kier alpha value is -1.75. The summed E-state index contributed by atoms with van der Waals surface area (Å²) in [5, 5.41) is 0. The Morgan fingerprint density at radius 3 is 2.86 bits per heavy atom. The highest BCUT2D eigenvalue weighted by molar-refractivity contribution is 5.80. The lowest BCUT2D eigenvalue weighted by molar-refractivity contribution is 0.241. The van der Waals surface area contributed by atoms with Crippen molar-refractivity contribution in [2.75, 3.05) is 33.7 Å². The molecule has 2 rings (SSSR count). The molecule has 0 bridgehead atoms. The van der Waals surface area contributed by atoms with E-state index in [0.29, 0.717) is 12.5 Å². The van der Waals surface area contributed by atoms with Gasteiger partial charge in [-0.25, -0.2) is 0 Å². The first-order valence-electron chi connectivity index (χ1n) is 7.45. The smallest absolute Gasteiger partial charge is 0.191 e. The molecule has 1 aliphatic rings. The molecule has 2 N–H and O–H groups in total. The number of likely N-dealkylation sites (N-methyl/N-ethyl adjacent to an activating group) is 1. The van der Waals surface area contributed by atoms with Crippen LogP contribution < -0.4 is 10.5 Å². The molecule has 0 aromatic heterocycles. The van der Waals surface area contributed by atoms with Gasteiger partial charge in [-0.3, -0.25) is 4.99 Å². The van der Waals surface area contributed by atoms with E-state index in [2.05, 4.69) is 41.0 Å². The largest absolute Gasteiger partial charge is 0.491 e. The van der Waals surface area contributed by atoms with Gasteiger partial charge in [0.05, 0.1) is 18.7 Å². The number of nitrogens with zero attached hydrogens (tertiary/aromatic N) is 3. The fourth-order valence-corrected chi connectivity index (χ4v) is 2.46. The minimum Gasteiger partial charge on any atom is -0.491 e. The molecule has 116 valence electrons. The number of nitrogens with two attached hydrogens (primary N) is 1. The van der Waals surface area contributed by atoms with Crippen LogP contribution in [0.5, 0.6) is 5.75 Å². The standard InChI is InChI=1S/C16H26N4O/c1-12(2)21-14-7-5-6-13(10-14)15-11-18-16(17)20(15)9-8-19(3)4/h5-7,10,12,15H,8-9,11H2,1-4H3,(H2,17,18). The van der Waals surface area contributed by atoms with Crippen molar-refractivity contribution in [1.29, 1.82) is 0 Å². The maximum Gasteiger partial charge on any atom is 0.191 e. The minimum absolute atomic E-state index is 0.176. The lowest BCUT2D eigenvalue weighted by atomic mass is 10.1. The van der Waals surface area contributed by atoms with E-state index in [1.807, 2.05) is 26.0 Å². The zero-order valence-corrected chi connectivity index (χ0v) is 13.4. The minimum atomic E-state index is 0.176. The van der Waals surface area contributed by atoms with Gasteiger partial charge in [0.1, 0.15) is 5.75 Å². The zero-order valence-electron chi connectivity index (χ0n) is 13.4. The van der Waals surface area contributed by atoms with Crippen molar-refractivity contribution in [3.63, 3.8) is 0 Å². The van der Waals surface area contributed by atoms with E-state index in [0.717, 1.165) is 18.8 Å². The third-order valence-electron chi connectivity index (χ3n) is 3.50. The van der Waals surface area contributed by atoms with Crippen molar-refractivity contribution >= 4 is 5.96 Å². The van der Waals surface area contributed by atoms with Crippen molar-refractivity contribution < 1.29 is 4.74 Å². The number of rotatable bonds is 6. The first kappa shape index (κ1) is 15.6. The van der Waals surface area contributed by atoms with Crippen molar-refractivity contribution in [2.24, 2.45) is 10.7 Å². The SMILES string of the molecule is CC(C)Oc1cccc(C2CN=C(N)N2CCN(C)C)c1. The summed E-state index contributed by atoms with van der Waals surface area (Å²) in [7, 11) is 4.13. The Kier molecular flexibility index (Phi) is 5.07. The van der Waals surface area contributed by atoms with Crippen LogP contribution in [0.2, 0.25) is 0 Å². The van der Waals surface area contributed by atoms with E-state index >= 15 is 0 Å². The van der Waals surface area contributed by atoms with Gasteiger partial charge in [-0.05, 0) is 45.6 Å². The van der Waals surface area contributed by atoms with Crippen LogP contribution in [0.3, 0.4) is 0 Å². The summed E-state index contributed by atoms with van der Waals surface area (Å²) in [5.41, 5.74) is 7.24. The number of guanidine groups is 1. The molecule has 5 nitrogen and oxygen atoms in total. The topological polar surface area (TPSA) is 54.1 Å². The molecule has 1 aliphatic heterocycles. The van der Waals surface area contributed by atoms with Crippen LogP contribution in [-0.4, -0.2) is 55.6 Å². The summed E-state index contributed by atoms with van der Waals surface area (Å²) in [5.74, 6) is 1.54. The predicted molar refractivity (Wildman–Crippen MR) is 86.7 cm³/mol. The van der Waals surface area contributed by atoms with Gasteiger partial charge >= 0.3 is 0 Å².